The molecule has 0 aromatic carbocycles. The molecule has 2 heterocycles. The van der Waals surface area contributed by atoms with Crippen molar-refractivity contribution in [1.29, 1.82) is 0 Å². The van der Waals surface area contributed by atoms with Crippen molar-refractivity contribution in [3.63, 3.8) is 0 Å². The highest BCUT2D eigenvalue weighted by Crippen LogP contribution is 2.31. The molecule has 2 atom stereocenters. The van der Waals surface area contributed by atoms with E-state index >= 15 is 0 Å². The van der Waals surface area contributed by atoms with Crippen LogP contribution >= 0.6 is 27.3 Å². The molecule has 0 radical (unpaired) electrons. The quantitative estimate of drug-likeness (QED) is 0.938. The second-order valence-corrected chi connectivity index (χ2v) is 6.04. The van der Waals surface area contributed by atoms with E-state index in [9.17, 15) is 0 Å². The van der Waals surface area contributed by atoms with Crippen LogP contribution in [-0.4, -0.2) is 4.98 Å². The van der Waals surface area contributed by atoms with Crippen molar-refractivity contribution < 1.29 is 0 Å². The van der Waals surface area contributed by atoms with Crippen molar-refractivity contribution in [3.8, 4) is 0 Å². The van der Waals surface area contributed by atoms with E-state index in [4.69, 9.17) is 5.73 Å². The Kier molecular flexibility index (Phi) is 3.74. The van der Waals surface area contributed by atoms with E-state index in [-0.39, 0.29) is 12.0 Å². The van der Waals surface area contributed by atoms with Gasteiger partial charge in [0, 0.05) is 23.9 Å². The lowest BCUT2D eigenvalue weighted by Crippen LogP contribution is -2.17. The van der Waals surface area contributed by atoms with Crippen molar-refractivity contribution in [3.05, 3.63) is 50.9 Å². The van der Waals surface area contributed by atoms with Crippen LogP contribution in [0.1, 0.15) is 30.1 Å². The third-order valence-corrected chi connectivity index (χ3v) is 4.19. The Morgan fingerprint density at radius 3 is 2.81 bits per heavy atom. The van der Waals surface area contributed by atoms with E-state index in [0.29, 0.717) is 0 Å². The largest absolute Gasteiger partial charge is 0.323 e. The maximum Gasteiger partial charge on any atom is 0.0701 e. The molecule has 0 saturated heterocycles. The summed E-state index contributed by atoms with van der Waals surface area (Å²) in [6.07, 6.45) is 1.81. The summed E-state index contributed by atoms with van der Waals surface area (Å²) in [4.78, 5) is 4.34. The predicted octanol–water partition coefficient (Wildman–Crippen LogP) is 3.71. The summed E-state index contributed by atoms with van der Waals surface area (Å²) in [7, 11) is 0. The fourth-order valence-electron chi connectivity index (χ4n) is 1.62. The summed E-state index contributed by atoms with van der Waals surface area (Å²) in [5, 5.41) is 2.09. The molecule has 2 rings (SSSR count). The molecule has 2 aromatic heterocycles. The Labute approximate surface area is 108 Å². The van der Waals surface area contributed by atoms with Gasteiger partial charge in [-0.3, -0.25) is 4.98 Å². The fraction of sp³-hybridized carbons (Fsp3) is 0.250. The van der Waals surface area contributed by atoms with Crippen LogP contribution in [0.25, 0.3) is 0 Å². The van der Waals surface area contributed by atoms with Crippen LogP contribution in [0.5, 0.6) is 0 Å². The van der Waals surface area contributed by atoms with Gasteiger partial charge in [-0.05, 0) is 45.1 Å². The third-order valence-electron chi connectivity index (χ3n) is 2.67. The first-order valence-corrected chi connectivity index (χ1v) is 6.76. The van der Waals surface area contributed by atoms with Crippen LogP contribution in [0.3, 0.4) is 0 Å². The molecule has 0 spiro atoms. The summed E-state index contributed by atoms with van der Waals surface area (Å²) in [6.45, 7) is 2.11. The van der Waals surface area contributed by atoms with Gasteiger partial charge in [0.15, 0.2) is 0 Å². The average Bonchev–Trinajstić information content (AvgIpc) is 2.75. The number of nitrogens with zero attached hydrogens (tertiary/aromatic N) is 1. The van der Waals surface area contributed by atoms with Gasteiger partial charge in [-0.25, -0.2) is 0 Å². The maximum atomic E-state index is 6.23. The molecule has 0 fully saturated rings. The minimum absolute atomic E-state index is 0.00236. The van der Waals surface area contributed by atoms with Gasteiger partial charge in [0.25, 0.3) is 0 Å². The highest BCUT2D eigenvalue weighted by Gasteiger charge is 2.18. The SMILES string of the molecule is CC(c1ccccn1)C(N)c1csc(Br)c1. The molecule has 0 aliphatic heterocycles. The number of hydrogen-bond acceptors (Lipinski definition) is 3. The lowest BCUT2D eigenvalue weighted by atomic mass is 9.94. The van der Waals surface area contributed by atoms with Crippen molar-refractivity contribution in [2.24, 2.45) is 5.73 Å². The van der Waals surface area contributed by atoms with Crippen LogP contribution < -0.4 is 5.73 Å². The first kappa shape index (κ1) is 11.8. The van der Waals surface area contributed by atoms with E-state index in [0.717, 1.165) is 15.0 Å². The number of rotatable bonds is 3. The van der Waals surface area contributed by atoms with E-state index in [2.05, 4.69) is 39.3 Å². The van der Waals surface area contributed by atoms with Gasteiger partial charge >= 0.3 is 0 Å². The lowest BCUT2D eigenvalue weighted by Gasteiger charge is -2.18. The smallest absolute Gasteiger partial charge is 0.0701 e. The predicted molar refractivity (Wildman–Crippen MR) is 71.6 cm³/mol. The molecule has 0 saturated carbocycles. The molecule has 16 heavy (non-hydrogen) atoms. The van der Waals surface area contributed by atoms with Crippen LogP contribution in [0.2, 0.25) is 0 Å². The zero-order valence-electron chi connectivity index (χ0n) is 8.93. The van der Waals surface area contributed by atoms with Gasteiger partial charge in [-0.2, -0.15) is 0 Å². The standard InChI is InChI=1S/C12H13BrN2S/c1-8(10-4-2-3-5-15-10)12(14)9-6-11(13)16-7-9/h2-8,12H,14H2,1H3. The molecule has 0 aliphatic rings. The summed E-state index contributed by atoms with van der Waals surface area (Å²) in [5.41, 5.74) is 8.43. The Morgan fingerprint density at radius 2 is 2.25 bits per heavy atom. The minimum Gasteiger partial charge on any atom is -0.323 e. The highest BCUT2D eigenvalue weighted by molar-refractivity contribution is 9.11. The normalized spacial score (nSPS) is 14.7. The highest BCUT2D eigenvalue weighted by atomic mass is 79.9. The van der Waals surface area contributed by atoms with Crippen LogP contribution in [-0.2, 0) is 0 Å². The van der Waals surface area contributed by atoms with Gasteiger partial charge in [0.05, 0.1) is 3.79 Å². The molecule has 2 aromatic rings. The van der Waals surface area contributed by atoms with Crippen LogP contribution in [0, 0.1) is 0 Å². The molecule has 0 aliphatic carbocycles. The van der Waals surface area contributed by atoms with E-state index < -0.39 is 0 Å². The molecule has 0 amide bonds. The van der Waals surface area contributed by atoms with Gasteiger partial charge < -0.3 is 5.73 Å². The summed E-state index contributed by atoms with van der Waals surface area (Å²) in [5.74, 6) is 0.225. The average molecular weight is 297 g/mol. The second-order valence-electron chi connectivity index (χ2n) is 3.75. The van der Waals surface area contributed by atoms with Crippen molar-refractivity contribution >= 4 is 27.3 Å². The first-order valence-electron chi connectivity index (χ1n) is 5.09. The maximum absolute atomic E-state index is 6.23. The van der Waals surface area contributed by atoms with Crippen molar-refractivity contribution in [1.82, 2.24) is 4.98 Å². The molecule has 2 unspecified atom stereocenters. The first-order chi connectivity index (χ1) is 7.68. The zero-order chi connectivity index (χ0) is 11.5. The molecule has 0 bridgehead atoms. The van der Waals surface area contributed by atoms with E-state index in [1.807, 2.05) is 24.4 Å². The number of hydrogen-bond donors (Lipinski definition) is 1. The lowest BCUT2D eigenvalue weighted by molar-refractivity contribution is 0.585. The summed E-state index contributed by atoms with van der Waals surface area (Å²) >= 11 is 5.11. The Hall–Kier alpha value is -0.710. The monoisotopic (exact) mass is 296 g/mol. The van der Waals surface area contributed by atoms with Crippen LogP contribution in [0.15, 0.2) is 39.6 Å². The van der Waals surface area contributed by atoms with Crippen molar-refractivity contribution in [2.45, 2.75) is 18.9 Å². The van der Waals surface area contributed by atoms with E-state index in [1.165, 1.54) is 0 Å². The van der Waals surface area contributed by atoms with Gasteiger partial charge in [-0.15, -0.1) is 11.3 Å². The van der Waals surface area contributed by atoms with Crippen molar-refractivity contribution in [2.75, 3.05) is 0 Å². The molecule has 84 valence electrons. The number of halogens is 1. The summed E-state index contributed by atoms with van der Waals surface area (Å²) in [6, 6.07) is 8.01. The number of nitrogens with two attached hydrogens (primary N) is 1. The van der Waals surface area contributed by atoms with E-state index in [1.54, 1.807) is 11.3 Å². The van der Waals surface area contributed by atoms with Gasteiger partial charge in [-0.1, -0.05) is 13.0 Å². The third kappa shape index (κ3) is 2.51. The zero-order valence-corrected chi connectivity index (χ0v) is 11.3. The number of pyridine rings is 1. The second kappa shape index (κ2) is 5.08. The number of aromatic nitrogens is 1. The Balaban J connectivity index is 2.19. The Bertz CT molecular complexity index is 455. The van der Waals surface area contributed by atoms with Gasteiger partial charge in [0.1, 0.15) is 0 Å². The molecule has 2 nitrogen and oxygen atoms in total. The summed E-state index contributed by atoms with van der Waals surface area (Å²) < 4.78 is 1.12. The molecule has 2 N–H and O–H groups in total. The fourth-order valence-corrected chi connectivity index (χ4v) is 2.84. The number of thiophene rings is 1. The molecular formula is C12H13BrN2S. The Morgan fingerprint density at radius 1 is 1.44 bits per heavy atom. The minimum atomic E-state index is -0.00236. The van der Waals surface area contributed by atoms with Gasteiger partial charge in [0.2, 0.25) is 0 Å². The topological polar surface area (TPSA) is 38.9 Å². The van der Waals surface area contributed by atoms with Crippen LogP contribution in [0.4, 0.5) is 0 Å². The molecule has 4 heteroatoms. The molecular weight excluding hydrogens is 284 g/mol.